The minimum atomic E-state index is 0. The number of benzene rings is 2. The summed E-state index contributed by atoms with van der Waals surface area (Å²) < 4.78 is 5.89. The Bertz CT molecular complexity index is 609. The third-order valence-electron chi connectivity index (χ3n) is 3.39. The van der Waals surface area contributed by atoms with Gasteiger partial charge in [0.05, 0.1) is 6.26 Å². The van der Waals surface area contributed by atoms with Crippen LogP contribution in [0.2, 0.25) is 0 Å². The molecule has 1 nitrogen and oxygen atoms in total. The van der Waals surface area contributed by atoms with E-state index in [4.69, 9.17) is 4.74 Å². The van der Waals surface area contributed by atoms with Gasteiger partial charge in [0.2, 0.25) is 0 Å². The minimum absolute atomic E-state index is 0. The molecule has 0 N–H and O–H groups in total. The highest BCUT2D eigenvalue weighted by Crippen LogP contribution is 2.39. The SMILES string of the molecule is CCC=COc1cccc(-c2ccccc2)c1C(C)(C)C.[Si]. The molecule has 2 rings (SSSR count). The number of allylic oxidation sites excluding steroid dienone is 1. The van der Waals surface area contributed by atoms with Crippen molar-refractivity contribution in [1.29, 1.82) is 0 Å². The van der Waals surface area contributed by atoms with E-state index in [0.29, 0.717) is 0 Å². The van der Waals surface area contributed by atoms with Crippen LogP contribution in [0.25, 0.3) is 11.1 Å². The first-order valence-electron chi connectivity index (χ1n) is 7.54. The Balaban J connectivity index is 0.00000242. The second kappa shape index (κ2) is 8.00. The van der Waals surface area contributed by atoms with Crippen molar-refractivity contribution >= 4 is 11.0 Å². The summed E-state index contributed by atoms with van der Waals surface area (Å²) in [5, 5.41) is 0. The van der Waals surface area contributed by atoms with Gasteiger partial charge in [-0.25, -0.2) is 0 Å². The van der Waals surface area contributed by atoms with Crippen LogP contribution in [-0.2, 0) is 5.41 Å². The second-order valence-electron chi connectivity index (χ2n) is 6.19. The smallest absolute Gasteiger partial charge is 0.130 e. The number of hydrogen-bond donors (Lipinski definition) is 0. The summed E-state index contributed by atoms with van der Waals surface area (Å²) in [6, 6.07) is 16.8. The van der Waals surface area contributed by atoms with Crippen LogP contribution >= 0.6 is 0 Å². The van der Waals surface area contributed by atoms with Crippen LogP contribution in [0, 0.1) is 0 Å². The van der Waals surface area contributed by atoms with Gasteiger partial charge in [-0.15, -0.1) is 0 Å². The van der Waals surface area contributed by atoms with Gasteiger partial charge in [0, 0.05) is 16.5 Å². The highest BCUT2D eigenvalue weighted by atomic mass is 28.1. The van der Waals surface area contributed by atoms with Gasteiger partial charge in [0.1, 0.15) is 5.75 Å². The Hall–Kier alpha value is -1.80. The third-order valence-corrected chi connectivity index (χ3v) is 3.39. The van der Waals surface area contributed by atoms with Crippen molar-refractivity contribution in [2.45, 2.75) is 39.5 Å². The predicted octanol–water partition coefficient (Wildman–Crippen LogP) is 5.57. The molecule has 0 unspecified atom stereocenters. The lowest BCUT2D eigenvalue weighted by atomic mass is 9.81. The van der Waals surface area contributed by atoms with Gasteiger partial charge < -0.3 is 4.74 Å². The molecule has 22 heavy (non-hydrogen) atoms. The zero-order valence-electron chi connectivity index (χ0n) is 13.9. The Morgan fingerprint density at radius 1 is 0.955 bits per heavy atom. The minimum Gasteiger partial charge on any atom is -0.465 e. The van der Waals surface area contributed by atoms with E-state index in [1.54, 1.807) is 6.26 Å². The number of hydrogen-bond acceptors (Lipinski definition) is 1. The summed E-state index contributed by atoms with van der Waals surface area (Å²) in [5.74, 6) is 0.938. The molecule has 0 fully saturated rings. The first-order valence-corrected chi connectivity index (χ1v) is 7.54. The first kappa shape index (κ1) is 18.2. The quantitative estimate of drug-likeness (QED) is 0.530. The standard InChI is InChI=1S/C20H24O.Si/c1-5-6-15-21-18-14-10-13-17(19(18)20(2,3)4)16-11-8-7-9-12-16;/h6-15H,5H2,1-4H3;. The van der Waals surface area contributed by atoms with Crippen molar-refractivity contribution in [2.24, 2.45) is 0 Å². The molecule has 2 aromatic rings. The van der Waals surface area contributed by atoms with Crippen LogP contribution in [0.3, 0.4) is 0 Å². The second-order valence-corrected chi connectivity index (χ2v) is 6.19. The van der Waals surface area contributed by atoms with Crippen molar-refractivity contribution in [3.63, 3.8) is 0 Å². The van der Waals surface area contributed by atoms with E-state index in [9.17, 15) is 0 Å². The molecule has 2 aromatic carbocycles. The van der Waals surface area contributed by atoms with E-state index >= 15 is 0 Å². The molecule has 0 aromatic heterocycles. The molecule has 4 radical (unpaired) electrons. The topological polar surface area (TPSA) is 9.23 Å². The summed E-state index contributed by atoms with van der Waals surface area (Å²) in [7, 11) is 0. The normalized spacial score (nSPS) is 11.3. The van der Waals surface area contributed by atoms with Crippen molar-refractivity contribution in [2.75, 3.05) is 0 Å². The fourth-order valence-corrected chi connectivity index (χ4v) is 2.48. The maximum absolute atomic E-state index is 5.89. The van der Waals surface area contributed by atoms with Gasteiger partial charge >= 0.3 is 0 Å². The molecular weight excluding hydrogens is 284 g/mol. The van der Waals surface area contributed by atoms with Crippen LogP contribution in [0.5, 0.6) is 5.75 Å². The lowest BCUT2D eigenvalue weighted by Gasteiger charge is -2.25. The lowest BCUT2D eigenvalue weighted by molar-refractivity contribution is 0.453. The zero-order chi connectivity index (χ0) is 15.3. The predicted molar refractivity (Wildman–Crippen MR) is 96.4 cm³/mol. The maximum Gasteiger partial charge on any atom is 0.130 e. The van der Waals surface area contributed by atoms with Gasteiger partial charge in [-0.3, -0.25) is 0 Å². The molecule has 0 bridgehead atoms. The molecule has 114 valence electrons. The van der Waals surface area contributed by atoms with Gasteiger partial charge in [-0.1, -0.05) is 70.2 Å². The molecule has 0 saturated carbocycles. The first-order chi connectivity index (χ1) is 10.0. The van der Waals surface area contributed by atoms with Crippen LogP contribution < -0.4 is 4.74 Å². The summed E-state index contributed by atoms with van der Waals surface area (Å²) >= 11 is 0. The summed E-state index contributed by atoms with van der Waals surface area (Å²) in [6.45, 7) is 8.78. The van der Waals surface area contributed by atoms with E-state index in [2.05, 4.69) is 64.1 Å². The van der Waals surface area contributed by atoms with Crippen molar-refractivity contribution in [1.82, 2.24) is 0 Å². The van der Waals surface area contributed by atoms with Gasteiger partial charge in [-0.2, -0.15) is 0 Å². The molecule has 0 amide bonds. The highest BCUT2D eigenvalue weighted by Gasteiger charge is 2.23. The third kappa shape index (κ3) is 4.34. The average Bonchev–Trinajstić information content (AvgIpc) is 2.47. The van der Waals surface area contributed by atoms with Gasteiger partial charge in [-0.05, 0) is 35.1 Å². The Labute approximate surface area is 139 Å². The molecule has 0 aliphatic rings. The van der Waals surface area contributed by atoms with Crippen LogP contribution in [-0.4, -0.2) is 11.0 Å². The van der Waals surface area contributed by atoms with E-state index < -0.39 is 0 Å². The Morgan fingerprint density at radius 2 is 1.64 bits per heavy atom. The van der Waals surface area contributed by atoms with Crippen molar-refractivity contribution in [3.05, 3.63) is 66.4 Å². The molecule has 0 aliphatic carbocycles. The Morgan fingerprint density at radius 3 is 2.23 bits per heavy atom. The van der Waals surface area contributed by atoms with Gasteiger partial charge in [0.25, 0.3) is 0 Å². The lowest BCUT2D eigenvalue weighted by Crippen LogP contribution is -2.14. The summed E-state index contributed by atoms with van der Waals surface area (Å²) in [5.41, 5.74) is 3.73. The summed E-state index contributed by atoms with van der Waals surface area (Å²) in [6.07, 6.45) is 4.80. The van der Waals surface area contributed by atoms with Crippen LogP contribution in [0.1, 0.15) is 39.7 Å². The zero-order valence-corrected chi connectivity index (χ0v) is 14.9. The molecule has 0 aliphatic heterocycles. The average molecular weight is 308 g/mol. The number of rotatable bonds is 4. The fraction of sp³-hybridized carbons (Fsp3) is 0.300. The molecule has 0 spiro atoms. The Kier molecular flexibility index (Phi) is 6.63. The van der Waals surface area contributed by atoms with Crippen LogP contribution in [0.15, 0.2) is 60.9 Å². The molecule has 0 saturated heterocycles. The summed E-state index contributed by atoms with van der Waals surface area (Å²) in [4.78, 5) is 0. The maximum atomic E-state index is 5.89. The van der Waals surface area contributed by atoms with Crippen LogP contribution in [0.4, 0.5) is 0 Å². The fourth-order valence-electron chi connectivity index (χ4n) is 2.48. The molecule has 0 heterocycles. The largest absolute Gasteiger partial charge is 0.465 e. The highest BCUT2D eigenvalue weighted by molar-refractivity contribution is 5.75. The number of ether oxygens (including phenoxy) is 1. The van der Waals surface area contributed by atoms with Crippen molar-refractivity contribution in [3.8, 4) is 16.9 Å². The van der Waals surface area contributed by atoms with E-state index in [-0.39, 0.29) is 16.4 Å². The molecule has 0 atom stereocenters. The van der Waals surface area contributed by atoms with E-state index in [0.717, 1.165) is 12.2 Å². The molecule has 2 heteroatoms. The monoisotopic (exact) mass is 308 g/mol. The molecular formula is C20H24OSi. The van der Waals surface area contributed by atoms with E-state index in [1.807, 2.05) is 18.2 Å². The van der Waals surface area contributed by atoms with Gasteiger partial charge in [0.15, 0.2) is 0 Å². The van der Waals surface area contributed by atoms with E-state index in [1.165, 1.54) is 16.7 Å². The van der Waals surface area contributed by atoms with Crippen molar-refractivity contribution < 1.29 is 4.74 Å².